The molecule has 0 amide bonds. The van der Waals surface area contributed by atoms with Gasteiger partial charge in [-0.3, -0.25) is 0 Å². The SMILES string of the molecule is CC1=C(N2CCC(CN)C2)C=C(C(F)(F)F)CC1C. The van der Waals surface area contributed by atoms with E-state index in [1.54, 1.807) is 0 Å². The summed E-state index contributed by atoms with van der Waals surface area (Å²) in [6.45, 7) is 6.00. The molecule has 0 bridgehead atoms. The number of alkyl halides is 3. The molecule has 1 aliphatic carbocycles. The summed E-state index contributed by atoms with van der Waals surface area (Å²) < 4.78 is 38.7. The molecule has 2 rings (SSSR count). The van der Waals surface area contributed by atoms with Gasteiger partial charge in [0.15, 0.2) is 0 Å². The first-order valence-corrected chi connectivity index (χ1v) is 6.76. The van der Waals surface area contributed by atoms with Crippen LogP contribution in [0.2, 0.25) is 0 Å². The van der Waals surface area contributed by atoms with E-state index >= 15 is 0 Å². The average Bonchev–Trinajstić information content (AvgIpc) is 2.79. The minimum Gasteiger partial charge on any atom is -0.371 e. The zero-order chi connectivity index (χ0) is 14.2. The highest BCUT2D eigenvalue weighted by Crippen LogP contribution is 2.39. The predicted octanol–water partition coefficient (Wildman–Crippen LogP) is 3.07. The Kier molecular flexibility index (Phi) is 3.95. The van der Waals surface area contributed by atoms with Gasteiger partial charge in [0.25, 0.3) is 0 Å². The molecule has 1 saturated heterocycles. The summed E-state index contributed by atoms with van der Waals surface area (Å²) in [7, 11) is 0. The average molecular weight is 274 g/mol. The Morgan fingerprint density at radius 2 is 2.11 bits per heavy atom. The molecular formula is C14H21F3N2. The van der Waals surface area contributed by atoms with Crippen molar-refractivity contribution in [3.8, 4) is 0 Å². The Hall–Kier alpha value is -0.970. The fraction of sp³-hybridized carbons (Fsp3) is 0.714. The molecule has 0 aromatic heterocycles. The number of nitrogens with zero attached hydrogens (tertiary/aromatic N) is 1. The van der Waals surface area contributed by atoms with Crippen molar-refractivity contribution in [2.24, 2.45) is 17.6 Å². The summed E-state index contributed by atoms with van der Waals surface area (Å²) in [6.07, 6.45) is -1.81. The van der Waals surface area contributed by atoms with Crippen LogP contribution in [0.3, 0.4) is 0 Å². The van der Waals surface area contributed by atoms with E-state index < -0.39 is 11.7 Å². The lowest BCUT2D eigenvalue weighted by molar-refractivity contribution is -0.0953. The summed E-state index contributed by atoms with van der Waals surface area (Å²) >= 11 is 0. The molecular weight excluding hydrogens is 253 g/mol. The summed E-state index contributed by atoms with van der Waals surface area (Å²) in [5.74, 6) is 0.355. The fourth-order valence-electron chi connectivity index (χ4n) is 2.86. The second kappa shape index (κ2) is 5.19. The van der Waals surface area contributed by atoms with Crippen LogP contribution in [0.5, 0.6) is 0 Å². The van der Waals surface area contributed by atoms with Gasteiger partial charge in [0.2, 0.25) is 0 Å². The van der Waals surface area contributed by atoms with E-state index in [1.165, 1.54) is 6.08 Å². The van der Waals surface area contributed by atoms with Gasteiger partial charge < -0.3 is 10.6 Å². The Balaban J connectivity index is 2.26. The maximum absolute atomic E-state index is 12.9. The van der Waals surface area contributed by atoms with Crippen molar-refractivity contribution in [1.29, 1.82) is 0 Å². The topological polar surface area (TPSA) is 29.3 Å². The van der Waals surface area contributed by atoms with Crippen molar-refractivity contribution < 1.29 is 13.2 Å². The molecule has 0 saturated carbocycles. The molecule has 0 aromatic rings. The second-order valence-corrected chi connectivity index (χ2v) is 5.68. The molecule has 1 heterocycles. The number of halogens is 3. The van der Waals surface area contributed by atoms with E-state index in [0.717, 1.165) is 30.8 Å². The molecule has 0 aromatic carbocycles. The Labute approximate surface area is 112 Å². The number of likely N-dealkylation sites (tertiary alicyclic amines) is 1. The standard InChI is InChI=1S/C14H21F3N2/c1-9-5-12(14(15,16)17)6-13(10(9)2)19-4-3-11(7-18)8-19/h6,9,11H,3-5,7-8,18H2,1-2H3. The van der Waals surface area contributed by atoms with E-state index in [2.05, 4.69) is 4.90 Å². The van der Waals surface area contributed by atoms with E-state index in [9.17, 15) is 13.2 Å². The Morgan fingerprint density at radius 1 is 1.42 bits per heavy atom. The quantitative estimate of drug-likeness (QED) is 0.838. The summed E-state index contributed by atoms with van der Waals surface area (Å²) in [5.41, 5.74) is 7.07. The van der Waals surface area contributed by atoms with Gasteiger partial charge in [0.05, 0.1) is 0 Å². The molecule has 2 aliphatic rings. The number of rotatable bonds is 2. The van der Waals surface area contributed by atoms with Gasteiger partial charge in [-0.2, -0.15) is 13.2 Å². The Bertz CT molecular complexity index is 409. The maximum atomic E-state index is 12.9. The lowest BCUT2D eigenvalue weighted by Crippen LogP contribution is -2.27. The molecule has 108 valence electrons. The normalized spacial score (nSPS) is 28.9. The number of hydrogen-bond donors (Lipinski definition) is 1. The molecule has 2 atom stereocenters. The molecule has 5 heteroatoms. The third-order valence-electron chi connectivity index (χ3n) is 4.30. The summed E-state index contributed by atoms with van der Waals surface area (Å²) in [4.78, 5) is 2.06. The third-order valence-corrected chi connectivity index (χ3v) is 4.30. The first kappa shape index (κ1) is 14.4. The molecule has 2 unspecified atom stereocenters. The monoisotopic (exact) mass is 274 g/mol. The van der Waals surface area contributed by atoms with Crippen molar-refractivity contribution in [2.45, 2.75) is 32.9 Å². The van der Waals surface area contributed by atoms with Gasteiger partial charge >= 0.3 is 6.18 Å². The third kappa shape index (κ3) is 2.96. The van der Waals surface area contributed by atoms with Crippen molar-refractivity contribution in [3.63, 3.8) is 0 Å². The van der Waals surface area contributed by atoms with Crippen molar-refractivity contribution in [2.75, 3.05) is 19.6 Å². The molecule has 0 spiro atoms. The first-order chi connectivity index (χ1) is 8.82. The molecule has 2 N–H and O–H groups in total. The highest BCUT2D eigenvalue weighted by atomic mass is 19.4. The van der Waals surface area contributed by atoms with Crippen molar-refractivity contribution in [1.82, 2.24) is 4.90 Å². The molecule has 1 fully saturated rings. The Morgan fingerprint density at radius 3 is 2.63 bits per heavy atom. The highest BCUT2D eigenvalue weighted by molar-refractivity contribution is 5.36. The highest BCUT2D eigenvalue weighted by Gasteiger charge is 2.38. The predicted molar refractivity (Wildman–Crippen MR) is 69.4 cm³/mol. The van der Waals surface area contributed by atoms with Crippen LogP contribution in [0.15, 0.2) is 22.9 Å². The van der Waals surface area contributed by atoms with E-state index in [1.807, 2.05) is 13.8 Å². The van der Waals surface area contributed by atoms with Gasteiger partial charge in [-0.05, 0) is 49.8 Å². The zero-order valence-electron chi connectivity index (χ0n) is 11.4. The largest absolute Gasteiger partial charge is 0.412 e. The number of allylic oxidation sites excluding steroid dienone is 3. The van der Waals surface area contributed by atoms with Crippen LogP contribution in [0, 0.1) is 11.8 Å². The minimum atomic E-state index is -4.22. The van der Waals surface area contributed by atoms with Crippen LogP contribution < -0.4 is 5.73 Å². The number of nitrogens with two attached hydrogens (primary N) is 1. The maximum Gasteiger partial charge on any atom is 0.412 e. The van der Waals surface area contributed by atoms with Crippen LogP contribution in [0.1, 0.15) is 26.7 Å². The van der Waals surface area contributed by atoms with E-state index in [4.69, 9.17) is 5.73 Å². The minimum absolute atomic E-state index is 0.0476. The van der Waals surface area contributed by atoms with Crippen LogP contribution in [0.4, 0.5) is 13.2 Å². The van der Waals surface area contributed by atoms with Crippen molar-refractivity contribution >= 4 is 0 Å². The van der Waals surface area contributed by atoms with Crippen molar-refractivity contribution in [3.05, 3.63) is 22.9 Å². The van der Waals surface area contributed by atoms with Gasteiger partial charge in [0, 0.05) is 24.4 Å². The van der Waals surface area contributed by atoms with Crippen LogP contribution in [-0.4, -0.2) is 30.7 Å². The number of hydrogen-bond acceptors (Lipinski definition) is 2. The first-order valence-electron chi connectivity index (χ1n) is 6.76. The summed E-state index contributed by atoms with van der Waals surface area (Å²) in [5, 5.41) is 0. The van der Waals surface area contributed by atoms with E-state index in [-0.39, 0.29) is 12.3 Å². The molecule has 2 nitrogen and oxygen atoms in total. The van der Waals surface area contributed by atoms with Gasteiger partial charge in [-0.1, -0.05) is 6.92 Å². The van der Waals surface area contributed by atoms with Crippen LogP contribution >= 0.6 is 0 Å². The smallest absolute Gasteiger partial charge is 0.371 e. The molecule has 19 heavy (non-hydrogen) atoms. The van der Waals surface area contributed by atoms with Crippen LogP contribution in [0.25, 0.3) is 0 Å². The van der Waals surface area contributed by atoms with Gasteiger partial charge in [0.1, 0.15) is 0 Å². The van der Waals surface area contributed by atoms with Crippen LogP contribution in [-0.2, 0) is 0 Å². The zero-order valence-corrected chi connectivity index (χ0v) is 11.4. The van der Waals surface area contributed by atoms with Gasteiger partial charge in [-0.15, -0.1) is 0 Å². The van der Waals surface area contributed by atoms with Gasteiger partial charge in [-0.25, -0.2) is 0 Å². The second-order valence-electron chi connectivity index (χ2n) is 5.68. The summed E-state index contributed by atoms with van der Waals surface area (Å²) in [6, 6.07) is 0. The lowest BCUT2D eigenvalue weighted by Gasteiger charge is -2.30. The molecule has 1 aliphatic heterocycles. The lowest BCUT2D eigenvalue weighted by atomic mass is 9.87. The fourth-order valence-corrected chi connectivity index (χ4v) is 2.86. The molecule has 0 radical (unpaired) electrons. The van der Waals surface area contributed by atoms with E-state index in [0.29, 0.717) is 12.5 Å².